The van der Waals surface area contributed by atoms with Crippen LogP contribution < -0.4 is 0 Å². The second-order valence-corrected chi connectivity index (χ2v) is 5.19. The molecule has 0 atom stereocenters. The number of fused-ring (bicyclic) bond motifs is 1. The summed E-state index contributed by atoms with van der Waals surface area (Å²) >= 11 is 0. The molecule has 0 aliphatic carbocycles. The predicted octanol–water partition coefficient (Wildman–Crippen LogP) is 2.56. The number of nitrogens with zero attached hydrogens (tertiary/aromatic N) is 1. The molecule has 2 N–H and O–H groups in total. The fourth-order valence-corrected chi connectivity index (χ4v) is 2.46. The summed E-state index contributed by atoms with van der Waals surface area (Å²) in [5.41, 5.74) is 1.79. The van der Waals surface area contributed by atoms with Gasteiger partial charge in [-0.2, -0.15) is 0 Å². The first kappa shape index (κ1) is 15.3. The van der Waals surface area contributed by atoms with E-state index < -0.39 is 17.5 Å². The second kappa shape index (κ2) is 5.73. The van der Waals surface area contributed by atoms with Crippen molar-refractivity contribution in [3.05, 3.63) is 28.7 Å². The number of aromatic amines is 1. The van der Waals surface area contributed by atoms with Crippen LogP contribution in [0.2, 0.25) is 0 Å². The number of hydrogen-bond donors (Lipinski definition) is 2. The number of rotatable bonds is 4. The van der Waals surface area contributed by atoms with Crippen LogP contribution in [0.5, 0.6) is 5.75 Å². The molecule has 1 heterocycles. The number of hydrogen-bond acceptors (Lipinski definition) is 4. The molecule has 2 rings (SSSR count). The van der Waals surface area contributed by atoms with Crippen molar-refractivity contribution < 1.29 is 19.0 Å². The number of aromatic nitrogens is 1. The number of nitrogens with one attached hydrogen (secondary N) is 1. The van der Waals surface area contributed by atoms with Gasteiger partial charge >= 0.3 is 5.97 Å². The van der Waals surface area contributed by atoms with Crippen molar-refractivity contribution in [2.75, 3.05) is 20.7 Å². The summed E-state index contributed by atoms with van der Waals surface area (Å²) in [5.74, 6) is -1.62. The van der Waals surface area contributed by atoms with Crippen LogP contribution in [0.4, 0.5) is 4.39 Å². The molecule has 114 valence electrons. The van der Waals surface area contributed by atoms with E-state index in [0.29, 0.717) is 34.3 Å². The molecule has 1 aromatic carbocycles. The van der Waals surface area contributed by atoms with Crippen LogP contribution in [0, 0.1) is 12.7 Å². The molecule has 0 saturated carbocycles. The lowest BCUT2D eigenvalue weighted by molar-refractivity contribution is 0.0528. The van der Waals surface area contributed by atoms with Crippen molar-refractivity contribution in [3.8, 4) is 5.75 Å². The van der Waals surface area contributed by atoms with Crippen LogP contribution in [0.25, 0.3) is 10.9 Å². The van der Waals surface area contributed by atoms with Crippen LogP contribution >= 0.6 is 0 Å². The van der Waals surface area contributed by atoms with Gasteiger partial charge in [0.05, 0.1) is 12.2 Å². The summed E-state index contributed by atoms with van der Waals surface area (Å²) in [6.07, 6.45) is 0. The van der Waals surface area contributed by atoms with Crippen molar-refractivity contribution in [3.63, 3.8) is 0 Å². The summed E-state index contributed by atoms with van der Waals surface area (Å²) < 4.78 is 18.9. The fraction of sp³-hybridized carbons (Fsp3) is 0.400. The Morgan fingerprint density at radius 1 is 1.48 bits per heavy atom. The summed E-state index contributed by atoms with van der Waals surface area (Å²) in [6.45, 7) is 4.01. The number of carbonyl (C=O) groups excluding carboxylic acids is 1. The predicted molar refractivity (Wildman–Crippen MR) is 78.0 cm³/mol. The van der Waals surface area contributed by atoms with Crippen LogP contribution in [0.15, 0.2) is 6.07 Å². The number of phenols is 1. The van der Waals surface area contributed by atoms with Crippen LogP contribution in [0.1, 0.15) is 28.5 Å². The maximum Gasteiger partial charge on any atom is 0.340 e. The highest BCUT2D eigenvalue weighted by atomic mass is 19.1. The van der Waals surface area contributed by atoms with Gasteiger partial charge < -0.3 is 19.7 Å². The molecule has 0 amide bonds. The van der Waals surface area contributed by atoms with Crippen molar-refractivity contribution in [1.82, 2.24) is 9.88 Å². The maximum absolute atomic E-state index is 13.8. The minimum absolute atomic E-state index is 0.251. The average molecular weight is 294 g/mol. The molecule has 0 aliphatic heterocycles. The van der Waals surface area contributed by atoms with E-state index in [-0.39, 0.29) is 6.61 Å². The Morgan fingerprint density at radius 2 is 2.14 bits per heavy atom. The van der Waals surface area contributed by atoms with Gasteiger partial charge in [-0.3, -0.25) is 0 Å². The number of halogens is 1. The van der Waals surface area contributed by atoms with Crippen LogP contribution in [-0.2, 0) is 11.3 Å². The number of benzene rings is 1. The lowest BCUT2D eigenvalue weighted by atomic mass is 10.0. The molecule has 1 aromatic heterocycles. The van der Waals surface area contributed by atoms with Gasteiger partial charge in [-0.05, 0) is 27.9 Å². The maximum atomic E-state index is 13.8. The lowest BCUT2D eigenvalue weighted by Crippen LogP contribution is -2.13. The fourth-order valence-electron chi connectivity index (χ4n) is 2.46. The highest BCUT2D eigenvalue weighted by Gasteiger charge is 2.24. The van der Waals surface area contributed by atoms with Gasteiger partial charge in [-0.25, -0.2) is 9.18 Å². The molecule has 0 unspecified atom stereocenters. The number of ether oxygens (including phenoxy) is 1. The van der Waals surface area contributed by atoms with Crippen molar-refractivity contribution >= 4 is 16.9 Å². The third-order valence-corrected chi connectivity index (χ3v) is 3.26. The zero-order chi connectivity index (χ0) is 15.7. The lowest BCUT2D eigenvalue weighted by Gasteiger charge is -2.14. The molecular formula is C15H19FN2O3. The first-order valence-electron chi connectivity index (χ1n) is 6.71. The smallest absolute Gasteiger partial charge is 0.340 e. The first-order valence-corrected chi connectivity index (χ1v) is 6.71. The standard InChI is InChI=1S/C15H19FN2O3/c1-5-21-15(20)12-8(2)17-11-6-10(16)14(19)9(13(11)12)7-18(3)4/h6,17,19H,5,7H2,1-4H3. The molecule has 21 heavy (non-hydrogen) atoms. The van der Waals surface area contributed by atoms with E-state index >= 15 is 0 Å². The number of phenolic OH excluding ortho intramolecular Hbond substituents is 1. The van der Waals surface area contributed by atoms with E-state index in [9.17, 15) is 14.3 Å². The van der Waals surface area contributed by atoms with Gasteiger partial charge in [-0.15, -0.1) is 0 Å². The van der Waals surface area contributed by atoms with Gasteiger partial charge in [0.25, 0.3) is 0 Å². The van der Waals surface area contributed by atoms with E-state index in [1.54, 1.807) is 32.8 Å². The Labute approximate surface area is 122 Å². The first-order chi connectivity index (χ1) is 9.86. The minimum atomic E-state index is -0.712. The molecular weight excluding hydrogens is 275 g/mol. The Balaban J connectivity index is 2.77. The molecule has 0 spiro atoms. The topological polar surface area (TPSA) is 65.6 Å². The van der Waals surface area contributed by atoms with Gasteiger partial charge in [0.1, 0.15) is 0 Å². The number of esters is 1. The molecule has 0 saturated heterocycles. The van der Waals surface area contributed by atoms with Gasteiger partial charge in [-0.1, -0.05) is 0 Å². The molecule has 6 heteroatoms. The van der Waals surface area contributed by atoms with E-state index in [1.807, 2.05) is 0 Å². The Hall–Kier alpha value is -2.08. The quantitative estimate of drug-likeness (QED) is 0.851. The van der Waals surface area contributed by atoms with E-state index in [1.165, 1.54) is 6.07 Å². The molecule has 0 bridgehead atoms. The SMILES string of the molecule is CCOC(=O)c1c(C)[nH]c2cc(F)c(O)c(CN(C)C)c12. The third kappa shape index (κ3) is 2.71. The Kier molecular flexibility index (Phi) is 4.18. The molecule has 0 aliphatic rings. The summed E-state index contributed by atoms with van der Waals surface area (Å²) in [7, 11) is 3.61. The third-order valence-electron chi connectivity index (χ3n) is 3.26. The largest absolute Gasteiger partial charge is 0.505 e. The highest BCUT2D eigenvalue weighted by molar-refractivity contribution is 6.07. The molecule has 5 nitrogen and oxygen atoms in total. The zero-order valence-electron chi connectivity index (χ0n) is 12.6. The van der Waals surface area contributed by atoms with Crippen LogP contribution in [0.3, 0.4) is 0 Å². The van der Waals surface area contributed by atoms with Gasteiger partial charge in [0, 0.05) is 34.8 Å². The van der Waals surface area contributed by atoms with E-state index in [0.717, 1.165) is 0 Å². The number of H-pyrrole nitrogens is 1. The Morgan fingerprint density at radius 3 is 2.71 bits per heavy atom. The molecule has 2 aromatic rings. The minimum Gasteiger partial charge on any atom is -0.505 e. The monoisotopic (exact) mass is 294 g/mol. The summed E-state index contributed by atoms with van der Waals surface area (Å²) in [4.78, 5) is 16.9. The number of aryl methyl sites for hydroxylation is 1. The summed E-state index contributed by atoms with van der Waals surface area (Å²) in [5, 5.41) is 10.5. The van der Waals surface area contributed by atoms with Gasteiger partial charge in [0.15, 0.2) is 11.6 Å². The normalized spacial score (nSPS) is 11.3. The number of carbonyl (C=O) groups is 1. The van der Waals surface area contributed by atoms with Crippen molar-refractivity contribution in [1.29, 1.82) is 0 Å². The van der Waals surface area contributed by atoms with E-state index in [2.05, 4.69) is 4.98 Å². The van der Waals surface area contributed by atoms with Crippen molar-refractivity contribution in [2.24, 2.45) is 0 Å². The molecule has 0 radical (unpaired) electrons. The van der Waals surface area contributed by atoms with Gasteiger partial charge in [0.2, 0.25) is 0 Å². The summed E-state index contributed by atoms with van der Waals surface area (Å²) in [6, 6.07) is 1.19. The van der Waals surface area contributed by atoms with Crippen molar-refractivity contribution in [2.45, 2.75) is 20.4 Å². The number of aromatic hydroxyl groups is 1. The highest BCUT2D eigenvalue weighted by Crippen LogP contribution is 2.35. The zero-order valence-corrected chi connectivity index (χ0v) is 12.6. The Bertz CT molecular complexity index is 692. The molecule has 0 fully saturated rings. The second-order valence-electron chi connectivity index (χ2n) is 5.19. The van der Waals surface area contributed by atoms with E-state index in [4.69, 9.17) is 4.74 Å². The van der Waals surface area contributed by atoms with Crippen LogP contribution in [-0.4, -0.2) is 41.7 Å². The average Bonchev–Trinajstić information content (AvgIpc) is 2.70.